The van der Waals surface area contributed by atoms with Crippen LogP contribution in [0.4, 0.5) is 0 Å². The molecule has 1 aromatic heterocycles. The number of aliphatic hydroxyl groups is 1. The second-order valence-corrected chi connectivity index (χ2v) is 3.30. The molecular weight excluding hydrogens is 212 g/mol. The highest BCUT2D eigenvalue weighted by Crippen LogP contribution is 2.03. The molecule has 1 amide bonds. The minimum absolute atomic E-state index is 0.118. The number of nitrogens with one attached hydrogen (secondary N) is 1. The van der Waals surface area contributed by atoms with E-state index in [4.69, 9.17) is 9.94 Å². The van der Waals surface area contributed by atoms with Crippen LogP contribution in [0, 0.1) is 0 Å². The van der Waals surface area contributed by atoms with Crippen molar-refractivity contribution in [2.75, 3.05) is 6.54 Å². The van der Waals surface area contributed by atoms with E-state index < -0.39 is 5.97 Å². The fraction of sp³-hybridized carbons (Fsp3) is 0.200. The molecule has 1 aliphatic heterocycles. The first kappa shape index (κ1) is 10.4. The standard InChI is InChI=1S/C10H10N2O4/c13-6-7-1-2-12(5-7)16-10(15)8-3-9(14)11-4-8/h1-3,5,13H,4,6H2,(H,11,14). The molecule has 16 heavy (non-hydrogen) atoms. The number of aliphatic hydroxyl groups excluding tert-OH is 1. The summed E-state index contributed by atoms with van der Waals surface area (Å²) in [6.07, 6.45) is 4.20. The summed E-state index contributed by atoms with van der Waals surface area (Å²) in [6.45, 7) is 0.0685. The fourth-order valence-corrected chi connectivity index (χ4v) is 1.30. The Balaban J connectivity index is 2.02. The predicted molar refractivity (Wildman–Crippen MR) is 53.0 cm³/mol. The molecular formula is C10H10N2O4. The van der Waals surface area contributed by atoms with Gasteiger partial charge in [-0.1, -0.05) is 0 Å². The largest absolute Gasteiger partial charge is 0.392 e. The van der Waals surface area contributed by atoms with Crippen molar-refractivity contribution >= 4 is 11.9 Å². The number of hydrogen-bond donors (Lipinski definition) is 2. The quantitative estimate of drug-likeness (QED) is 0.686. The summed E-state index contributed by atoms with van der Waals surface area (Å²) in [5.41, 5.74) is 0.923. The molecule has 2 heterocycles. The number of carbonyl (C=O) groups is 2. The second kappa shape index (κ2) is 4.19. The van der Waals surface area contributed by atoms with Crippen molar-refractivity contribution in [3.05, 3.63) is 35.7 Å². The van der Waals surface area contributed by atoms with Crippen molar-refractivity contribution in [2.45, 2.75) is 6.61 Å². The van der Waals surface area contributed by atoms with Gasteiger partial charge in [0.1, 0.15) is 0 Å². The summed E-state index contributed by atoms with van der Waals surface area (Å²) in [7, 11) is 0. The van der Waals surface area contributed by atoms with Gasteiger partial charge >= 0.3 is 5.97 Å². The normalized spacial score (nSPS) is 14.6. The maximum Gasteiger partial charge on any atom is 0.361 e. The van der Waals surface area contributed by atoms with Gasteiger partial charge in [-0.3, -0.25) is 4.79 Å². The summed E-state index contributed by atoms with van der Waals surface area (Å²) in [4.78, 5) is 27.3. The second-order valence-electron chi connectivity index (χ2n) is 3.30. The van der Waals surface area contributed by atoms with E-state index in [0.29, 0.717) is 5.56 Å². The summed E-state index contributed by atoms with van der Waals surface area (Å²) < 4.78 is 1.19. The Labute approximate surface area is 91.1 Å². The van der Waals surface area contributed by atoms with Gasteiger partial charge in [-0.15, -0.1) is 0 Å². The molecule has 1 aliphatic rings. The molecule has 0 bridgehead atoms. The van der Waals surface area contributed by atoms with Gasteiger partial charge in [-0.05, 0) is 11.6 Å². The minimum atomic E-state index is -0.585. The molecule has 0 aliphatic carbocycles. The van der Waals surface area contributed by atoms with Crippen molar-refractivity contribution in [1.29, 1.82) is 0 Å². The predicted octanol–water partition coefficient (Wildman–Crippen LogP) is -1.01. The van der Waals surface area contributed by atoms with E-state index in [2.05, 4.69) is 5.32 Å². The van der Waals surface area contributed by atoms with Crippen LogP contribution >= 0.6 is 0 Å². The van der Waals surface area contributed by atoms with Crippen LogP contribution in [-0.4, -0.2) is 28.3 Å². The van der Waals surface area contributed by atoms with E-state index in [-0.39, 0.29) is 24.6 Å². The van der Waals surface area contributed by atoms with Crippen LogP contribution in [0.2, 0.25) is 0 Å². The zero-order valence-electron chi connectivity index (χ0n) is 8.34. The third-order valence-electron chi connectivity index (χ3n) is 2.12. The number of hydrogen-bond acceptors (Lipinski definition) is 4. The van der Waals surface area contributed by atoms with E-state index in [9.17, 15) is 9.59 Å². The SMILES string of the molecule is O=C1C=C(C(=O)On2ccc(CO)c2)CN1. The lowest BCUT2D eigenvalue weighted by molar-refractivity contribution is -0.139. The minimum Gasteiger partial charge on any atom is -0.392 e. The van der Waals surface area contributed by atoms with E-state index in [1.54, 1.807) is 6.07 Å². The van der Waals surface area contributed by atoms with Gasteiger partial charge in [0.25, 0.3) is 0 Å². The van der Waals surface area contributed by atoms with Crippen molar-refractivity contribution in [3.63, 3.8) is 0 Å². The van der Waals surface area contributed by atoms with E-state index in [0.717, 1.165) is 0 Å². The molecule has 1 aromatic rings. The van der Waals surface area contributed by atoms with Crippen molar-refractivity contribution in [1.82, 2.24) is 10.0 Å². The molecule has 0 atom stereocenters. The number of nitrogens with zero attached hydrogens (tertiary/aromatic N) is 1. The first-order valence-corrected chi connectivity index (χ1v) is 4.68. The summed E-state index contributed by atoms with van der Waals surface area (Å²) in [5.74, 6) is -0.881. The van der Waals surface area contributed by atoms with Crippen molar-refractivity contribution < 1.29 is 19.5 Å². The molecule has 84 valence electrons. The molecule has 0 radical (unpaired) electrons. The zero-order valence-corrected chi connectivity index (χ0v) is 8.34. The van der Waals surface area contributed by atoms with Crippen LogP contribution in [0.25, 0.3) is 0 Å². The first-order chi connectivity index (χ1) is 7.69. The van der Waals surface area contributed by atoms with Crippen LogP contribution in [0.5, 0.6) is 0 Å². The van der Waals surface area contributed by atoms with E-state index in [1.165, 1.54) is 23.2 Å². The van der Waals surface area contributed by atoms with Gasteiger partial charge < -0.3 is 15.3 Å². The highest BCUT2D eigenvalue weighted by Gasteiger charge is 2.19. The molecule has 0 saturated carbocycles. The lowest BCUT2D eigenvalue weighted by Crippen LogP contribution is -2.23. The number of carbonyl (C=O) groups excluding carboxylic acids is 2. The lowest BCUT2D eigenvalue weighted by atomic mass is 10.3. The Bertz CT molecular complexity index is 461. The monoisotopic (exact) mass is 222 g/mol. The van der Waals surface area contributed by atoms with E-state index in [1.807, 2.05) is 0 Å². The van der Waals surface area contributed by atoms with E-state index >= 15 is 0 Å². The maximum atomic E-state index is 11.5. The highest BCUT2D eigenvalue weighted by atomic mass is 16.7. The molecule has 0 aromatic carbocycles. The Morgan fingerprint density at radius 2 is 2.44 bits per heavy atom. The van der Waals surface area contributed by atoms with Crippen LogP contribution in [-0.2, 0) is 16.2 Å². The average molecular weight is 222 g/mol. The molecule has 2 rings (SSSR count). The number of amides is 1. The van der Waals surface area contributed by atoms with Gasteiger partial charge in [0.2, 0.25) is 5.91 Å². The van der Waals surface area contributed by atoms with Crippen LogP contribution in [0.15, 0.2) is 30.1 Å². The first-order valence-electron chi connectivity index (χ1n) is 4.68. The van der Waals surface area contributed by atoms with Gasteiger partial charge in [0.15, 0.2) is 0 Å². The smallest absolute Gasteiger partial charge is 0.361 e. The van der Waals surface area contributed by atoms with Gasteiger partial charge in [-0.25, -0.2) is 4.79 Å². The summed E-state index contributed by atoms with van der Waals surface area (Å²) in [5, 5.41) is 11.3. The average Bonchev–Trinajstić information content (AvgIpc) is 2.87. The molecule has 6 heteroatoms. The Kier molecular flexibility index (Phi) is 2.74. The Morgan fingerprint density at radius 1 is 1.62 bits per heavy atom. The number of aromatic nitrogens is 1. The topological polar surface area (TPSA) is 80.6 Å². The zero-order chi connectivity index (χ0) is 11.5. The maximum absolute atomic E-state index is 11.5. The molecule has 2 N–H and O–H groups in total. The van der Waals surface area contributed by atoms with Gasteiger partial charge in [0.05, 0.1) is 18.7 Å². The van der Waals surface area contributed by atoms with Crippen molar-refractivity contribution in [2.24, 2.45) is 0 Å². The molecule has 0 unspecified atom stereocenters. The summed E-state index contributed by atoms with van der Waals surface area (Å²) in [6, 6.07) is 1.62. The Hall–Kier alpha value is -2.08. The molecule has 6 nitrogen and oxygen atoms in total. The lowest BCUT2D eigenvalue weighted by Gasteiger charge is -2.03. The van der Waals surface area contributed by atoms with Crippen LogP contribution in [0.3, 0.4) is 0 Å². The molecule has 0 spiro atoms. The van der Waals surface area contributed by atoms with Gasteiger partial charge in [0, 0.05) is 18.5 Å². The van der Waals surface area contributed by atoms with Gasteiger partial charge in [-0.2, -0.15) is 4.73 Å². The van der Waals surface area contributed by atoms with Crippen molar-refractivity contribution in [3.8, 4) is 0 Å². The third kappa shape index (κ3) is 2.12. The molecule has 0 fully saturated rings. The fourth-order valence-electron chi connectivity index (χ4n) is 1.30. The van der Waals surface area contributed by atoms with Crippen LogP contribution in [0.1, 0.15) is 5.56 Å². The highest BCUT2D eigenvalue weighted by molar-refractivity contribution is 6.02. The summed E-state index contributed by atoms with van der Waals surface area (Å²) >= 11 is 0. The van der Waals surface area contributed by atoms with Crippen LogP contribution < -0.4 is 10.2 Å². The Morgan fingerprint density at radius 3 is 3.00 bits per heavy atom. The third-order valence-corrected chi connectivity index (χ3v) is 2.12. The number of rotatable bonds is 3. The molecule has 0 saturated heterocycles.